The zero-order valence-corrected chi connectivity index (χ0v) is 26.1. The molecular formula is C34H35BrN4O5. The number of ketones is 1. The van der Waals surface area contributed by atoms with Gasteiger partial charge in [0.05, 0.1) is 18.3 Å². The van der Waals surface area contributed by atoms with Crippen LogP contribution in [-0.4, -0.2) is 59.0 Å². The van der Waals surface area contributed by atoms with E-state index in [0.717, 1.165) is 52.8 Å². The minimum atomic E-state index is -0.708. The van der Waals surface area contributed by atoms with Gasteiger partial charge in [-0.1, -0.05) is 40.2 Å². The summed E-state index contributed by atoms with van der Waals surface area (Å²) in [7, 11) is 0. The summed E-state index contributed by atoms with van der Waals surface area (Å²) in [6.45, 7) is 5.20. The molecule has 2 aliphatic heterocycles. The van der Waals surface area contributed by atoms with Crippen LogP contribution in [0.2, 0.25) is 0 Å². The van der Waals surface area contributed by atoms with E-state index in [1.165, 1.54) is 17.5 Å². The van der Waals surface area contributed by atoms with Crippen LogP contribution in [0, 0.1) is 6.92 Å². The molecule has 2 atom stereocenters. The summed E-state index contributed by atoms with van der Waals surface area (Å²) in [5, 5.41) is 17.0. The van der Waals surface area contributed by atoms with Crippen LogP contribution in [0.1, 0.15) is 60.3 Å². The highest BCUT2D eigenvalue weighted by Gasteiger charge is 2.28. The number of β-amino-alcohol motifs (C(OH)–C–C–N with tert-alkyl or cyclic N) is 1. The summed E-state index contributed by atoms with van der Waals surface area (Å²) >= 11 is 3.41. The SMILES string of the molecule is Cc1c(OCc2cnco2)ccc2c1CCN(C[C@@H](O)CNC(=O)c1ccc3c(c1)CCNC3C(=O)c1ccc(Br)cc1)C2. The molecule has 1 amide bonds. The van der Waals surface area contributed by atoms with E-state index in [1.54, 1.807) is 12.3 Å². The molecule has 3 aromatic carbocycles. The van der Waals surface area contributed by atoms with Crippen LogP contribution in [0.3, 0.4) is 0 Å². The lowest BCUT2D eigenvalue weighted by Crippen LogP contribution is -2.42. The van der Waals surface area contributed by atoms with Crippen molar-refractivity contribution in [2.24, 2.45) is 0 Å². The highest BCUT2D eigenvalue weighted by Crippen LogP contribution is 2.30. The Morgan fingerprint density at radius 1 is 1.14 bits per heavy atom. The van der Waals surface area contributed by atoms with Gasteiger partial charge in [0.2, 0.25) is 0 Å². The van der Waals surface area contributed by atoms with Crippen LogP contribution in [0.25, 0.3) is 0 Å². The largest absolute Gasteiger partial charge is 0.485 e. The maximum Gasteiger partial charge on any atom is 0.251 e. The maximum atomic E-state index is 13.2. The number of hydrogen-bond acceptors (Lipinski definition) is 8. The highest BCUT2D eigenvalue weighted by molar-refractivity contribution is 9.10. The molecule has 3 N–H and O–H groups in total. The number of carbonyl (C=O) groups excluding carboxylic acids is 2. The Bertz CT molecular complexity index is 1640. The second-order valence-electron chi connectivity index (χ2n) is 11.4. The Kier molecular flexibility index (Phi) is 9.22. The van der Waals surface area contributed by atoms with Gasteiger partial charge in [-0.05, 0) is 77.9 Å². The molecular weight excluding hydrogens is 624 g/mol. The van der Waals surface area contributed by atoms with Crippen molar-refractivity contribution in [3.8, 4) is 5.75 Å². The predicted molar refractivity (Wildman–Crippen MR) is 169 cm³/mol. The number of oxazole rings is 1. The second-order valence-corrected chi connectivity index (χ2v) is 12.3. The number of carbonyl (C=O) groups is 2. The van der Waals surface area contributed by atoms with Crippen LogP contribution in [0.4, 0.5) is 0 Å². The first-order chi connectivity index (χ1) is 21.4. The number of aromatic nitrogens is 1. The molecule has 0 saturated heterocycles. The number of amides is 1. The number of hydrogen-bond donors (Lipinski definition) is 3. The van der Waals surface area contributed by atoms with Crippen molar-refractivity contribution < 1.29 is 23.8 Å². The molecule has 3 heterocycles. The fourth-order valence-corrected chi connectivity index (χ4v) is 6.31. The molecule has 1 unspecified atom stereocenters. The van der Waals surface area contributed by atoms with E-state index in [0.29, 0.717) is 36.6 Å². The number of fused-ring (bicyclic) bond motifs is 2. The van der Waals surface area contributed by atoms with Crippen LogP contribution < -0.4 is 15.4 Å². The highest BCUT2D eigenvalue weighted by atomic mass is 79.9. The number of aliphatic hydroxyl groups excluding tert-OH is 1. The number of Topliss-reactive ketones (excluding diaryl/α,β-unsaturated/α-hetero) is 1. The molecule has 6 rings (SSSR count). The Morgan fingerprint density at radius 3 is 2.75 bits per heavy atom. The standard InChI is InChI=1S/C34H35BrN4O5/c1-21-29-11-13-39(17-25(29)5-9-31(21)43-19-28-16-36-20-44-28)18-27(40)15-38-34(42)24-4-8-30-23(14-24)10-12-37-32(30)33(41)22-2-6-26(35)7-3-22/h2-9,14,16,20,27,32,37,40H,10-13,15,17-19H2,1H3,(H,38,42)/t27-,32?/m0/s1. The number of benzene rings is 3. The zero-order valence-electron chi connectivity index (χ0n) is 24.5. The monoisotopic (exact) mass is 658 g/mol. The van der Waals surface area contributed by atoms with Gasteiger partial charge in [0.15, 0.2) is 17.9 Å². The predicted octanol–water partition coefficient (Wildman–Crippen LogP) is 4.54. The molecule has 10 heteroatoms. The van der Waals surface area contributed by atoms with Gasteiger partial charge in [0.25, 0.3) is 5.91 Å². The maximum absolute atomic E-state index is 13.2. The molecule has 0 aliphatic carbocycles. The first-order valence-electron chi connectivity index (χ1n) is 14.8. The molecule has 0 saturated carbocycles. The topological polar surface area (TPSA) is 117 Å². The molecule has 0 fully saturated rings. The van der Waals surface area contributed by atoms with Gasteiger partial charge in [-0.15, -0.1) is 0 Å². The number of nitrogens with zero attached hydrogens (tertiary/aromatic N) is 2. The van der Waals surface area contributed by atoms with Gasteiger partial charge in [-0.3, -0.25) is 14.5 Å². The molecule has 1 aromatic heterocycles. The van der Waals surface area contributed by atoms with Crippen molar-refractivity contribution >= 4 is 27.6 Å². The van der Waals surface area contributed by atoms with Crippen LogP contribution in [0.15, 0.2) is 76.1 Å². The summed E-state index contributed by atoms with van der Waals surface area (Å²) in [4.78, 5) is 32.3. The number of aliphatic hydroxyl groups is 1. The van der Waals surface area contributed by atoms with Crippen LogP contribution in [0.5, 0.6) is 5.75 Å². The van der Waals surface area contributed by atoms with Crippen molar-refractivity contribution in [2.45, 2.75) is 45.1 Å². The van der Waals surface area contributed by atoms with Crippen molar-refractivity contribution in [1.29, 1.82) is 0 Å². The van der Waals surface area contributed by atoms with Crippen molar-refractivity contribution in [3.05, 3.63) is 116 Å². The van der Waals surface area contributed by atoms with E-state index < -0.39 is 12.1 Å². The van der Waals surface area contributed by atoms with Crippen LogP contribution >= 0.6 is 15.9 Å². The van der Waals surface area contributed by atoms with Gasteiger partial charge in [0.1, 0.15) is 12.4 Å². The van der Waals surface area contributed by atoms with Crippen molar-refractivity contribution in [1.82, 2.24) is 20.5 Å². The minimum Gasteiger partial charge on any atom is -0.485 e. The third-order valence-electron chi connectivity index (χ3n) is 8.39. The van der Waals surface area contributed by atoms with E-state index in [1.807, 2.05) is 42.5 Å². The molecule has 0 spiro atoms. The molecule has 0 bridgehead atoms. The second kappa shape index (κ2) is 13.4. The normalized spacial score (nSPS) is 16.9. The summed E-state index contributed by atoms with van der Waals surface area (Å²) in [6, 6.07) is 16.5. The number of nitrogens with one attached hydrogen (secondary N) is 2. The smallest absolute Gasteiger partial charge is 0.251 e. The zero-order chi connectivity index (χ0) is 30.6. The Morgan fingerprint density at radius 2 is 1.95 bits per heavy atom. The van der Waals surface area contributed by atoms with Gasteiger partial charge >= 0.3 is 0 Å². The van der Waals surface area contributed by atoms with E-state index in [-0.39, 0.29) is 18.2 Å². The lowest BCUT2D eigenvalue weighted by molar-refractivity contribution is 0.0841. The third kappa shape index (κ3) is 6.78. The van der Waals surface area contributed by atoms with Gasteiger partial charge in [-0.25, -0.2) is 4.98 Å². The van der Waals surface area contributed by atoms with Crippen LogP contribution in [-0.2, 0) is 26.0 Å². The van der Waals surface area contributed by atoms with E-state index in [4.69, 9.17) is 9.15 Å². The number of rotatable bonds is 10. The number of ether oxygens (including phenoxy) is 1. The summed E-state index contributed by atoms with van der Waals surface area (Å²) in [6.07, 6.45) is 3.92. The molecule has 0 radical (unpaired) electrons. The molecule has 4 aromatic rings. The van der Waals surface area contributed by atoms with Crippen molar-refractivity contribution in [2.75, 3.05) is 26.2 Å². The summed E-state index contributed by atoms with van der Waals surface area (Å²) in [5.74, 6) is 1.28. The average Bonchev–Trinajstić information content (AvgIpc) is 3.56. The first-order valence-corrected chi connectivity index (χ1v) is 15.6. The molecule has 9 nitrogen and oxygen atoms in total. The molecule has 2 aliphatic rings. The van der Waals surface area contributed by atoms with E-state index in [2.05, 4.69) is 49.4 Å². The summed E-state index contributed by atoms with van der Waals surface area (Å²) < 4.78 is 12.1. The third-order valence-corrected chi connectivity index (χ3v) is 8.92. The fourth-order valence-electron chi connectivity index (χ4n) is 6.05. The Balaban J connectivity index is 1.01. The lowest BCUT2D eigenvalue weighted by atomic mass is 9.88. The minimum absolute atomic E-state index is 0.00544. The van der Waals surface area contributed by atoms with Gasteiger partial charge in [-0.2, -0.15) is 0 Å². The first kappa shape index (κ1) is 30.2. The summed E-state index contributed by atoms with van der Waals surface area (Å²) in [5.41, 5.74) is 6.67. The van der Waals surface area contributed by atoms with Gasteiger partial charge < -0.3 is 24.9 Å². The Hall–Kier alpha value is -3.83. The fraction of sp³-hybridized carbons (Fsp3) is 0.324. The quantitative estimate of drug-likeness (QED) is 0.213. The van der Waals surface area contributed by atoms with Crippen molar-refractivity contribution in [3.63, 3.8) is 0 Å². The average molecular weight is 660 g/mol. The molecule has 44 heavy (non-hydrogen) atoms. The van der Waals surface area contributed by atoms with E-state index >= 15 is 0 Å². The molecule has 228 valence electrons. The van der Waals surface area contributed by atoms with Gasteiger partial charge in [0, 0.05) is 48.3 Å². The Labute approximate surface area is 264 Å². The number of halogens is 1. The van der Waals surface area contributed by atoms with E-state index in [9.17, 15) is 14.7 Å². The lowest BCUT2D eigenvalue weighted by Gasteiger charge is -2.31.